The van der Waals surface area contributed by atoms with Crippen LogP contribution < -0.4 is 14.4 Å². The maximum Gasteiger partial charge on any atom is 0.161 e. The van der Waals surface area contributed by atoms with E-state index in [-0.39, 0.29) is 18.4 Å². The summed E-state index contributed by atoms with van der Waals surface area (Å²) >= 11 is 0. The van der Waals surface area contributed by atoms with Crippen molar-refractivity contribution in [2.75, 3.05) is 46.6 Å². The van der Waals surface area contributed by atoms with Crippen molar-refractivity contribution in [3.63, 3.8) is 0 Å². The molecule has 0 saturated carbocycles. The number of aromatic hydroxyl groups is 1. The number of rotatable bonds is 9. The highest BCUT2D eigenvalue weighted by Gasteiger charge is 2.27. The van der Waals surface area contributed by atoms with Gasteiger partial charge in [0.1, 0.15) is 24.9 Å². The van der Waals surface area contributed by atoms with E-state index in [1.54, 1.807) is 26.4 Å². The second-order valence-electron chi connectivity index (χ2n) is 7.45. The lowest BCUT2D eigenvalue weighted by Crippen LogP contribution is -3.14. The summed E-state index contributed by atoms with van der Waals surface area (Å²) < 4.78 is 16.7. The molecule has 0 radical (unpaired) electrons. The second-order valence-corrected chi connectivity index (χ2v) is 7.45. The molecular formula is C23H32N3O5+. The minimum Gasteiger partial charge on any atom is -0.505 e. The quantitative estimate of drug-likeness (QED) is 0.515. The van der Waals surface area contributed by atoms with Crippen molar-refractivity contribution in [2.45, 2.75) is 26.5 Å². The summed E-state index contributed by atoms with van der Waals surface area (Å²) in [5, 5.41) is 20.0. The zero-order chi connectivity index (χ0) is 22.2. The summed E-state index contributed by atoms with van der Waals surface area (Å²) in [6, 6.07) is 6.10. The Labute approximate surface area is 183 Å². The summed E-state index contributed by atoms with van der Waals surface area (Å²) in [6.45, 7) is 7.73. The highest BCUT2D eigenvalue weighted by atomic mass is 16.5. The molecule has 1 fully saturated rings. The highest BCUT2D eigenvalue weighted by Crippen LogP contribution is 2.30. The average Bonchev–Trinajstić information content (AvgIpc) is 2.80. The number of nitrogens with zero attached hydrogens (tertiary/aromatic N) is 2. The first-order chi connectivity index (χ1) is 15.1. The van der Waals surface area contributed by atoms with Gasteiger partial charge in [-0.25, -0.2) is 0 Å². The maximum absolute atomic E-state index is 10.4. The van der Waals surface area contributed by atoms with E-state index in [4.69, 9.17) is 14.2 Å². The number of aryl methyl sites for hydroxylation is 1. The van der Waals surface area contributed by atoms with Gasteiger partial charge in [0.05, 0.1) is 45.8 Å². The predicted molar refractivity (Wildman–Crippen MR) is 117 cm³/mol. The number of aliphatic hydroxyl groups is 1. The number of aliphatic hydroxyl groups excluding tert-OH is 1. The van der Waals surface area contributed by atoms with Gasteiger partial charge in [0, 0.05) is 29.1 Å². The zero-order valence-corrected chi connectivity index (χ0v) is 18.4. The molecule has 1 atom stereocenters. The third-order valence-electron chi connectivity index (χ3n) is 5.55. The molecule has 2 aromatic rings. The third kappa shape index (κ3) is 5.52. The van der Waals surface area contributed by atoms with Crippen LogP contribution in [0.1, 0.15) is 35.3 Å². The van der Waals surface area contributed by atoms with Crippen LogP contribution in [-0.4, -0.2) is 68.0 Å². The summed E-state index contributed by atoms with van der Waals surface area (Å²) in [5.41, 5.74) is 2.66. The van der Waals surface area contributed by atoms with E-state index in [2.05, 4.69) is 16.0 Å². The first kappa shape index (κ1) is 23.0. The van der Waals surface area contributed by atoms with E-state index in [0.717, 1.165) is 24.4 Å². The topological polar surface area (TPSA) is 97.8 Å². The minimum atomic E-state index is -0.212. The molecule has 8 nitrogen and oxygen atoms in total. The molecule has 168 valence electrons. The lowest BCUT2D eigenvalue weighted by atomic mass is 10.0. The standard InChI is InChI=1S/C23H31N3O5/c1-4-31-21-6-5-17(11-22(21)29-3)20(26-7-9-30-10-8-26)14-24-13-19-18(15-27)12-25-16(2)23(19)28/h5-6,11-13,20,27-28H,4,7-10,14-15H2,1-3H3/p+1/t20-/m1/s1. The summed E-state index contributed by atoms with van der Waals surface area (Å²) in [6.07, 6.45) is 3.20. The molecule has 1 aromatic heterocycles. The van der Waals surface area contributed by atoms with Crippen LogP contribution in [0.25, 0.3) is 0 Å². The van der Waals surface area contributed by atoms with E-state index in [9.17, 15) is 10.2 Å². The first-order valence-electron chi connectivity index (χ1n) is 10.6. The van der Waals surface area contributed by atoms with Gasteiger partial charge in [-0.3, -0.25) is 9.98 Å². The van der Waals surface area contributed by atoms with Gasteiger partial charge in [0.25, 0.3) is 0 Å². The van der Waals surface area contributed by atoms with Crippen molar-refractivity contribution in [3.8, 4) is 17.2 Å². The van der Waals surface area contributed by atoms with Gasteiger partial charge in [-0.05, 0) is 32.0 Å². The van der Waals surface area contributed by atoms with Crippen LogP contribution in [0.5, 0.6) is 17.2 Å². The second kappa shape index (κ2) is 11.1. The van der Waals surface area contributed by atoms with Crippen molar-refractivity contribution < 1.29 is 29.3 Å². The molecule has 1 saturated heterocycles. The Balaban J connectivity index is 1.89. The van der Waals surface area contributed by atoms with E-state index in [0.29, 0.717) is 48.9 Å². The van der Waals surface area contributed by atoms with Crippen LogP contribution in [0, 0.1) is 6.92 Å². The summed E-state index contributed by atoms with van der Waals surface area (Å²) in [5.74, 6) is 1.47. The number of ether oxygens (including phenoxy) is 3. The van der Waals surface area contributed by atoms with Crippen molar-refractivity contribution >= 4 is 6.21 Å². The number of aromatic nitrogens is 1. The van der Waals surface area contributed by atoms with E-state index < -0.39 is 0 Å². The molecule has 1 aliphatic heterocycles. The number of methoxy groups -OCH3 is 1. The molecule has 0 amide bonds. The molecule has 1 aromatic carbocycles. The molecule has 1 aliphatic rings. The first-order valence-corrected chi connectivity index (χ1v) is 10.6. The summed E-state index contributed by atoms with van der Waals surface area (Å²) in [7, 11) is 1.64. The Morgan fingerprint density at radius 2 is 2.06 bits per heavy atom. The fourth-order valence-electron chi connectivity index (χ4n) is 3.80. The van der Waals surface area contributed by atoms with Crippen LogP contribution in [0.15, 0.2) is 29.4 Å². The number of hydrogen-bond acceptors (Lipinski definition) is 7. The average molecular weight is 431 g/mol. The lowest BCUT2D eigenvalue weighted by molar-refractivity contribution is -0.937. The van der Waals surface area contributed by atoms with Crippen LogP contribution >= 0.6 is 0 Å². The molecule has 0 spiro atoms. The van der Waals surface area contributed by atoms with Gasteiger partial charge in [-0.15, -0.1) is 0 Å². The van der Waals surface area contributed by atoms with Gasteiger partial charge in [0.2, 0.25) is 0 Å². The monoisotopic (exact) mass is 430 g/mol. The van der Waals surface area contributed by atoms with Crippen molar-refractivity contribution in [1.82, 2.24) is 4.98 Å². The Morgan fingerprint density at radius 1 is 1.29 bits per heavy atom. The number of morpholine rings is 1. The SMILES string of the molecule is CCOc1ccc([C@@H](CN=Cc2c(CO)cnc(C)c2O)[NH+]2CCOCC2)cc1OC. The fraction of sp³-hybridized carbons (Fsp3) is 0.478. The Kier molecular flexibility index (Phi) is 8.22. The van der Waals surface area contributed by atoms with Gasteiger partial charge < -0.3 is 29.3 Å². The molecule has 3 N–H and O–H groups in total. The Bertz CT molecular complexity index is 897. The Morgan fingerprint density at radius 3 is 2.74 bits per heavy atom. The smallest absolute Gasteiger partial charge is 0.161 e. The van der Waals surface area contributed by atoms with Crippen LogP contribution in [0.2, 0.25) is 0 Å². The fourth-order valence-corrected chi connectivity index (χ4v) is 3.80. The predicted octanol–water partition coefficient (Wildman–Crippen LogP) is 1.07. The maximum atomic E-state index is 10.4. The molecule has 0 bridgehead atoms. The highest BCUT2D eigenvalue weighted by molar-refractivity contribution is 5.85. The molecule has 3 rings (SSSR count). The van der Waals surface area contributed by atoms with Gasteiger partial charge in [-0.2, -0.15) is 0 Å². The van der Waals surface area contributed by atoms with E-state index in [1.807, 2.05) is 19.1 Å². The summed E-state index contributed by atoms with van der Waals surface area (Å²) in [4.78, 5) is 10.1. The van der Waals surface area contributed by atoms with Crippen molar-refractivity contribution in [1.29, 1.82) is 0 Å². The Hall–Kier alpha value is -2.68. The van der Waals surface area contributed by atoms with Crippen LogP contribution in [0.4, 0.5) is 0 Å². The third-order valence-corrected chi connectivity index (χ3v) is 5.55. The largest absolute Gasteiger partial charge is 0.505 e. The van der Waals surface area contributed by atoms with Gasteiger partial charge >= 0.3 is 0 Å². The van der Waals surface area contributed by atoms with E-state index >= 15 is 0 Å². The molecule has 31 heavy (non-hydrogen) atoms. The molecule has 0 aliphatic carbocycles. The van der Waals surface area contributed by atoms with Gasteiger partial charge in [0.15, 0.2) is 11.5 Å². The van der Waals surface area contributed by atoms with Crippen molar-refractivity contribution in [3.05, 3.63) is 46.8 Å². The number of nitrogens with one attached hydrogen (secondary N) is 1. The number of benzene rings is 1. The number of hydrogen-bond donors (Lipinski definition) is 3. The normalized spacial score (nSPS) is 15.9. The number of aliphatic imine (C=N–C) groups is 1. The molecular weight excluding hydrogens is 398 g/mol. The molecule has 8 heteroatoms. The zero-order valence-electron chi connectivity index (χ0n) is 18.4. The molecule has 2 heterocycles. The number of pyridine rings is 1. The van der Waals surface area contributed by atoms with Gasteiger partial charge in [-0.1, -0.05) is 0 Å². The van der Waals surface area contributed by atoms with E-state index in [1.165, 1.54) is 4.90 Å². The lowest BCUT2D eigenvalue weighted by Gasteiger charge is -2.31. The van der Waals surface area contributed by atoms with Crippen molar-refractivity contribution in [2.24, 2.45) is 4.99 Å². The van der Waals surface area contributed by atoms with Crippen LogP contribution in [-0.2, 0) is 11.3 Å². The molecule has 0 unspecified atom stereocenters. The minimum absolute atomic E-state index is 0.0494. The number of quaternary nitrogens is 1. The van der Waals surface area contributed by atoms with Crippen LogP contribution in [0.3, 0.4) is 0 Å².